The predicted octanol–water partition coefficient (Wildman–Crippen LogP) is 4.28. The highest BCUT2D eigenvalue weighted by atomic mass is 32.2. The van der Waals surface area contributed by atoms with E-state index in [4.69, 9.17) is 5.26 Å². The van der Waals surface area contributed by atoms with E-state index in [1.54, 1.807) is 0 Å². The Bertz CT molecular complexity index is 507. The van der Waals surface area contributed by atoms with Crippen molar-refractivity contribution in [2.75, 3.05) is 0 Å². The number of nitriles is 1. The predicted molar refractivity (Wildman–Crippen MR) is 68.4 cm³/mol. The average Bonchev–Trinajstić information content (AvgIpc) is 2.40. The minimum atomic E-state index is -4.79. The summed E-state index contributed by atoms with van der Waals surface area (Å²) in [6.45, 7) is 0. The van der Waals surface area contributed by atoms with Crippen molar-refractivity contribution in [3.8, 4) is 11.9 Å². The molecule has 0 bridgehead atoms. The van der Waals surface area contributed by atoms with Gasteiger partial charge in [-0.15, -0.1) is 24.9 Å². The first kappa shape index (κ1) is 15.0. The maximum atomic E-state index is 12.1. The number of nitrogens with zero attached hydrogens (tertiary/aromatic N) is 2. The number of rotatable bonds is 3. The first-order chi connectivity index (χ1) is 9.48. The molecule has 0 amide bonds. The van der Waals surface area contributed by atoms with Gasteiger partial charge in [0.05, 0.1) is 0 Å². The summed E-state index contributed by atoms with van der Waals surface area (Å²) in [5.41, 5.74) is -0.0117. The van der Waals surface area contributed by atoms with Gasteiger partial charge in [-0.05, 0) is 18.9 Å². The van der Waals surface area contributed by atoms with Crippen molar-refractivity contribution in [3.63, 3.8) is 0 Å². The molecule has 0 spiro atoms. The summed E-state index contributed by atoms with van der Waals surface area (Å²) in [5, 5.41) is 9.42. The third kappa shape index (κ3) is 4.30. The van der Waals surface area contributed by atoms with Gasteiger partial charge in [0, 0.05) is 16.2 Å². The van der Waals surface area contributed by atoms with Gasteiger partial charge in [0.1, 0.15) is 6.07 Å². The van der Waals surface area contributed by atoms with Crippen LogP contribution in [0.1, 0.15) is 37.8 Å². The first-order valence-electron chi connectivity index (χ1n) is 6.31. The second-order valence-electron chi connectivity index (χ2n) is 4.53. The van der Waals surface area contributed by atoms with Gasteiger partial charge < -0.3 is 4.74 Å². The van der Waals surface area contributed by atoms with Crippen LogP contribution in [0.25, 0.3) is 0 Å². The van der Waals surface area contributed by atoms with Crippen LogP contribution in [-0.2, 0) is 0 Å². The van der Waals surface area contributed by atoms with E-state index in [2.05, 4.69) is 9.72 Å². The molecule has 3 nitrogen and oxygen atoms in total. The molecule has 1 fully saturated rings. The molecule has 0 atom stereocenters. The monoisotopic (exact) mass is 302 g/mol. The molecular weight excluding hydrogens is 289 g/mol. The Hall–Kier alpha value is -1.42. The summed E-state index contributed by atoms with van der Waals surface area (Å²) in [7, 11) is 0. The number of hydrogen-bond donors (Lipinski definition) is 0. The fourth-order valence-corrected chi connectivity index (χ4v) is 3.42. The van der Waals surface area contributed by atoms with Gasteiger partial charge >= 0.3 is 6.36 Å². The Morgan fingerprint density at radius 3 is 2.55 bits per heavy atom. The van der Waals surface area contributed by atoms with Crippen molar-refractivity contribution < 1.29 is 17.9 Å². The summed E-state index contributed by atoms with van der Waals surface area (Å²) in [6, 6.07) is 4.46. The zero-order chi connectivity index (χ0) is 14.6. The van der Waals surface area contributed by atoms with E-state index < -0.39 is 12.2 Å². The van der Waals surface area contributed by atoms with Gasteiger partial charge in [0.15, 0.2) is 5.69 Å². The van der Waals surface area contributed by atoms with E-state index in [-0.39, 0.29) is 5.69 Å². The molecule has 1 aromatic heterocycles. The summed E-state index contributed by atoms with van der Waals surface area (Å²) in [4.78, 5) is 4.24. The van der Waals surface area contributed by atoms with Gasteiger partial charge in [0.25, 0.3) is 0 Å². The van der Waals surface area contributed by atoms with Crippen molar-refractivity contribution in [2.45, 2.75) is 48.6 Å². The van der Waals surface area contributed by atoms with Crippen LogP contribution in [0.3, 0.4) is 0 Å². The molecule has 0 radical (unpaired) electrons. The van der Waals surface area contributed by atoms with Crippen LogP contribution < -0.4 is 4.74 Å². The molecule has 1 aliphatic rings. The quantitative estimate of drug-likeness (QED) is 0.836. The third-order valence-electron chi connectivity index (χ3n) is 3.00. The molecule has 20 heavy (non-hydrogen) atoms. The van der Waals surface area contributed by atoms with Crippen LogP contribution in [0.5, 0.6) is 5.88 Å². The number of halogens is 3. The lowest BCUT2D eigenvalue weighted by atomic mass is 10.0. The van der Waals surface area contributed by atoms with Crippen molar-refractivity contribution in [3.05, 3.63) is 17.8 Å². The van der Waals surface area contributed by atoms with Crippen LogP contribution in [0.4, 0.5) is 13.2 Å². The summed E-state index contributed by atoms with van der Waals surface area (Å²) < 4.78 is 40.0. The Morgan fingerprint density at radius 2 is 1.95 bits per heavy atom. The molecule has 0 unspecified atom stereocenters. The Kier molecular flexibility index (Phi) is 4.76. The fraction of sp³-hybridized carbons (Fsp3) is 0.538. The van der Waals surface area contributed by atoms with Crippen LogP contribution in [0, 0.1) is 11.3 Å². The van der Waals surface area contributed by atoms with E-state index in [1.165, 1.54) is 24.2 Å². The lowest BCUT2D eigenvalue weighted by molar-refractivity contribution is -0.276. The van der Waals surface area contributed by atoms with Crippen LogP contribution in [-0.4, -0.2) is 16.6 Å². The van der Waals surface area contributed by atoms with Crippen molar-refractivity contribution in [2.24, 2.45) is 0 Å². The molecule has 0 N–H and O–H groups in total. The highest BCUT2D eigenvalue weighted by Gasteiger charge is 2.32. The van der Waals surface area contributed by atoms with Crippen molar-refractivity contribution in [1.82, 2.24) is 4.98 Å². The van der Waals surface area contributed by atoms with Gasteiger partial charge in [-0.25, -0.2) is 4.98 Å². The zero-order valence-electron chi connectivity index (χ0n) is 10.6. The standard InChI is InChI=1S/C13H13F3N2OS/c14-13(15,16)19-12-7-6-11(10(8-17)18-12)20-9-4-2-1-3-5-9/h6-7,9H,1-5H2. The maximum absolute atomic E-state index is 12.1. The molecule has 1 heterocycles. The Labute approximate surface area is 119 Å². The fourth-order valence-electron chi connectivity index (χ4n) is 2.14. The van der Waals surface area contributed by atoms with E-state index in [0.29, 0.717) is 10.1 Å². The van der Waals surface area contributed by atoms with Crippen molar-refractivity contribution >= 4 is 11.8 Å². The van der Waals surface area contributed by atoms with E-state index >= 15 is 0 Å². The Morgan fingerprint density at radius 1 is 1.25 bits per heavy atom. The second-order valence-corrected chi connectivity index (χ2v) is 5.88. The normalized spacial score (nSPS) is 16.7. The lowest BCUT2D eigenvalue weighted by Gasteiger charge is -2.21. The molecule has 7 heteroatoms. The number of alkyl halides is 3. The van der Waals surface area contributed by atoms with Gasteiger partial charge in [-0.1, -0.05) is 19.3 Å². The van der Waals surface area contributed by atoms with E-state index in [9.17, 15) is 13.2 Å². The summed E-state index contributed by atoms with van der Waals surface area (Å²) >= 11 is 1.52. The molecule has 0 aliphatic heterocycles. The van der Waals surface area contributed by atoms with Crippen LogP contribution in [0.2, 0.25) is 0 Å². The minimum Gasteiger partial charge on any atom is -0.388 e. The molecule has 0 aromatic carbocycles. The highest BCUT2D eigenvalue weighted by Crippen LogP contribution is 2.35. The van der Waals surface area contributed by atoms with Gasteiger partial charge in [0.2, 0.25) is 5.88 Å². The van der Waals surface area contributed by atoms with E-state index in [1.807, 2.05) is 6.07 Å². The molecule has 1 aliphatic carbocycles. The maximum Gasteiger partial charge on any atom is 0.574 e. The number of hydrogen-bond acceptors (Lipinski definition) is 4. The van der Waals surface area contributed by atoms with Crippen LogP contribution in [0.15, 0.2) is 17.0 Å². The molecule has 108 valence electrons. The highest BCUT2D eigenvalue weighted by molar-refractivity contribution is 8.00. The second kappa shape index (κ2) is 6.35. The molecule has 0 saturated heterocycles. The van der Waals surface area contributed by atoms with Gasteiger partial charge in [-0.3, -0.25) is 0 Å². The summed E-state index contributed by atoms with van der Waals surface area (Å²) in [5.74, 6) is -0.595. The largest absolute Gasteiger partial charge is 0.574 e. The SMILES string of the molecule is N#Cc1nc(OC(F)(F)F)ccc1SC1CCCCC1. The molecule has 1 saturated carbocycles. The zero-order valence-corrected chi connectivity index (χ0v) is 11.4. The topological polar surface area (TPSA) is 45.9 Å². The number of thioether (sulfide) groups is 1. The first-order valence-corrected chi connectivity index (χ1v) is 7.19. The van der Waals surface area contributed by atoms with E-state index in [0.717, 1.165) is 31.7 Å². The third-order valence-corrected chi connectivity index (χ3v) is 4.39. The lowest BCUT2D eigenvalue weighted by Crippen LogP contribution is -2.18. The van der Waals surface area contributed by atoms with Crippen molar-refractivity contribution in [1.29, 1.82) is 5.26 Å². The number of aromatic nitrogens is 1. The Balaban J connectivity index is 2.11. The summed E-state index contributed by atoms with van der Waals surface area (Å²) in [6.07, 6.45) is 0.869. The average molecular weight is 302 g/mol. The minimum absolute atomic E-state index is 0.0117. The molecular formula is C13H13F3N2OS. The molecule has 2 rings (SSSR count). The van der Waals surface area contributed by atoms with Crippen LogP contribution >= 0.6 is 11.8 Å². The number of pyridine rings is 1. The smallest absolute Gasteiger partial charge is 0.388 e. The molecule has 1 aromatic rings. The number of ether oxygens (including phenoxy) is 1. The van der Waals surface area contributed by atoms with Gasteiger partial charge in [-0.2, -0.15) is 5.26 Å².